The first-order valence-corrected chi connectivity index (χ1v) is 23.7. The second-order valence-corrected chi connectivity index (χ2v) is 22.6. The molecule has 0 aromatic heterocycles. The van der Waals surface area contributed by atoms with Crippen LogP contribution in [0.15, 0.2) is 23.8 Å². The van der Waals surface area contributed by atoms with E-state index in [9.17, 15) is 75.7 Å². The van der Waals surface area contributed by atoms with E-state index >= 15 is 0 Å². The number of ether oxygens (including phenoxy) is 4. The quantitative estimate of drug-likeness (QED) is 0.0904. The zero-order chi connectivity index (χ0) is 50.3. The lowest BCUT2D eigenvalue weighted by Gasteiger charge is -2.71. The molecule has 2 aromatic carbocycles. The van der Waals surface area contributed by atoms with Gasteiger partial charge in [-0.3, -0.25) is 4.79 Å². The van der Waals surface area contributed by atoms with E-state index in [1.165, 1.54) is 0 Å². The number of aliphatic hydroxyl groups excluding tert-OH is 6. The Bertz CT molecular complexity index is 2500. The number of phenolic OH excluding ortho intramolecular Hbond substituents is 6. The summed E-state index contributed by atoms with van der Waals surface area (Å²) in [6, 6.07) is 1.44. The molecule has 2 aliphatic heterocycles. The molecule has 5 aliphatic carbocycles. The van der Waals surface area contributed by atoms with Gasteiger partial charge in [0.15, 0.2) is 23.0 Å². The topological polar surface area (TPSA) is 331 Å². The van der Waals surface area contributed by atoms with Gasteiger partial charge in [-0.25, -0.2) is 9.59 Å². The minimum atomic E-state index is -1.77. The fourth-order valence-corrected chi connectivity index (χ4v) is 14.9. The third-order valence-corrected chi connectivity index (χ3v) is 18.8. The number of hydrogen-bond acceptors (Lipinski definition) is 19. The maximum absolute atomic E-state index is 14.7. The van der Waals surface area contributed by atoms with Crippen LogP contribution in [0.5, 0.6) is 34.5 Å². The van der Waals surface area contributed by atoms with Gasteiger partial charge in [-0.2, -0.15) is 0 Å². The van der Waals surface area contributed by atoms with Crippen molar-refractivity contribution in [1.82, 2.24) is 0 Å². The van der Waals surface area contributed by atoms with Crippen LogP contribution in [0.1, 0.15) is 113 Å². The molecule has 19 heteroatoms. The third-order valence-electron chi connectivity index (χ3n) is 18.8. The number of allylic oxidation sites excluding steroid dienone is 2. The van der Waals surface area contributed by atoms with Crippen molar-refractivity contribution in [3.63, 3.8) is 0 Å². The fourth-order valence-electron chi connectivity index (χ4n) is 14.9. The Labute approximate surface area is 397 Å². The maximum Gasteiger partial charge on any atom is 0.339 e. The molecule has 0 amide bonds. The molecule has 15 atom stereocenters. The van der Waals surface area contributed by atoms with Gasteiger partial charge in [0.1, 0.15) is 37.1 Å². The van der Waals surface area contributed by atoms with Gasteiger partial charge in [0.2, 0.25) is 17.8 Å². The number of benzene rings is 2. The highest BCUT2D eigenvalue weighted by atomic mass is 16.7. The second-order valence-electron chi connectivity index (χ2n) is 22.6. The molecule has 0 spiro atoms. The first kappa shape index (κ1) is 49.1. The van der Waals surface area contributed by atoms with Crippen molar-refractivity contribution in [2.24, 2.45) is 50.2 Å². The molecule has 2 aromatic rings. The van der Waals surface area contributed by atoms with Crippen LogP contribution in [0.3, 0.4) is 0 Å². The van der Waals surface area contributed by atoms with Crippen molar-refractivity contribution in [1.29, 1.82) is 0 Å². The SMILES string of the molecule is CC1(C)CC[C@]2(C(=O)OC3OC(CO)C(O)C(O)C3O)CC[C@]3(C)C(=CCC4[C@@]5(C)C[C@@H](O)[C@@H]6OC(=O)c7cc(O)c(O)c(O)c7-c7c(cc(O)c(O)c7O)C(=O)OC[C@@]6(CO)C5CC[C@]43C)C2C1. The highest BCUT2D eigenvalue weighted by molar-refractivity contribution is 6.08. The third kappa shape index (κ3) is 6.80. The van der Waals surface area contributed by atoms with E-state index < -0.39 is 170 Å². The summed E-state index contributed by atoms with van der Waals surface area (Å²) in [4.78, 5) is 43.5. The Morgan fingerprint density at radius 3 is 1.96 bits per heavy atom. The molecule has 7 aliphatic rings. The van der Waals surface area contributed by atoms with Crippen LogP contribution < -0.4 is 0 Å². The zero-order valence-corrected chi connectivity index (χ0v) is 39.2. The summed E-state index contributed by atoms with van der Waals surface area (Å²) in [5, 5.41) is 130. The summed E-state index contributed by atoms with van der Waals surface area (Å²) in [5.41, 5.74) is -6.69. The van der Waals surface area contributed by atoms with E-state index in [4.69, 9.17) is 18.9 Å². The first-order chi connectivity index (χ1) is 32.3. The van der Waals surface area contributed by atoms with Crippen LogP contribution in [0.2, 0.25) is 0 Å². The van der Waals surface area contributed by atoms with Crippen molar-refractivity contribution in [3.8, 4) is 45.6 Å². The van der Waals surface area contributed by atoms with Crippen molar-refractivity contribution in [2.45, 2.75) is 135 Å². The van der Waals surface area contributed by atoms with Crippen LogP contribution in [0, 0.1) is 50.2 Å². The van der Waals surface area contributed by atoms with Crippen molar-refractivity contribution in [2.75, 3.05) is 19.8 Å². The Balaban J connectivity index is 1.10. The average molecular weight is 969 g/mol. The predicted octanol–water partition coefficient (Wildman–Crippen LogP) is 3.35. The molecule has 2 heterocycles. The van der Waals surface area contributed by atoms with Crippen LogP contribution in [-0.4, -0.2) is 142 Å². The number of carbonyl (C=O) groups is 3. The van der Waals surface area contributed by atoms with Gasteiger partial charge in [-0.05, 0) is 109 Å². The number of cyclic esters (lactones) is 1. The van der Waals surface area contributed by atoms with E-state index in [1.807, 2.05) is 6.92 Å². The molecular weight excluding hydrogens is 905 g/mol. The number of rotatable bonds is 4. The van der Waals surface area contributed by atoms with Gasteiger partial charge in [-0.15, -0.1) is 0 Å². The largest absolute Gasteiger partial charge is 0.504 e. The van der Waals surface area contributed by atoms with Gasteiger partial charge in [-0.1, -0.05) is 46.3 Å². The molecule has 378 valence electrons. The number of fused-ring (bicyclic) bond motifs is 12. The number of phenols is 6. The Kier molecular flexibility index (Phi) is 11.6. The van der Waals surface area contributed by atoms with Crippen molar-refractivity contribution >= 4 is 17.9 Å². The minimum Gasteiger partial charge on any atom is -0.504 e. The summed E-state index contributed by atoms with van der Waals surface area (Å²) < 4.78 is 23.6. The molecule has 8 unspecified atom stereocenters. The molecule has 0 radical (unpaired) electrons. The fraction of sp³-hybridized carbons (Fsp3) is 0.660. The number of carbonyl (C=O) groups excluding carboxylic acids is 3. The Morgan fingerprint density at radius 1 is 0.739 bits per heavy atom. The standard InChI is InChI=1S/C50H64O19/c1-45(2)10-12-49(44(65)69-43-39(62)38(61)35(58)28(18-51)67-43)13-11-47(4)23(24(49)16-45)6-7-29-46(3)17-27(55)40-50(19-52,30(46)8-9-48(29,47)5)20-66-41(63)21-14-25(53)33(56)36(59)31(21)32-22(42(64)68-40)15-26(54)34(57)37(32)60/h6,14-15,24,27-30,35,38-40,43,51-62H,7-13,16-20H2,1-5H3/t24?,27-,28?,29?,30?,35?,38?,39?,40+,43?,46-,47-,48-,49+,50+/m1/s1. The lowest BCUT2D eigenvalue weighted by atomic mass is 9.33. The molecule has 5 fully saturated rings. The minimum absolute atomic E-state index is 0.0400. The molecule has 4 saturated carbocycles. The summed E-state index contributed by atoms with van der Waals surface area (Å²) >= 11 is 0. The van der Waals surface area contributed by atoms with E-state index in [-0.39, 0.29) is 23.7 Å². The highest BCUT2D eigenvalue weighted by Gasteiger charge is 2.72. The van der Waals surface area contributed by atoms with Crippen LogP contribution in [0.4, 0.5) is 0 Å². The van der Waals surface area contributed by atoms with E-state index in [0.717, 1.165) is 11.6 Å². The number of esters is 3. The van der Waals surface area contributed by atoms with Crippen LogP contribution in [0.25, 0.3) is 11.1 Å². The maximum atomic E-state index is 14.7. The highest BCUT2D eigenvalue weighted by Crippen LogP contribution is 2.76. The molecule has 12 N–H and O–H groups in total. The molecule has 0 bridgehead atoms. The van der Waals surface area contributed by atoms with Gasteiger partial charge < -0.3 is 80.2 Å². The van der Waals surface area contributed by atoms with Gasteiger partial charge in [0.05, 0.1) is 41.3 Å². The Hall–Kier alpha value is -4.89. The monoisotopic (exact) mass is 968 g/mol. The second kappa shape index (κ2) is 16.3. The summed E-state index contributed by atoms with van der Waals surface area (Å²) in [5.74, 6) is -11.0. The predicted molar refractivity (Wildman–Crippen MR) is 237 cm³/mol. The molecule has 19 nitrogen and oxygen atoms in total. The smallest absolute Gasteiger partial charge is 0.339 e. The Morgan fingerprint density at radius 2 is 1.35 bits per heavy atom. The van der Waals surface area contributed by atoms with Crippen molar-refractivity contribution < 1.29 is 94.6 Å². The van der Waals surface area contributed by atoms with Crippen molar-refractivity contribution in [3.05, 3.63) is 34.9 Å². The lowest BCUT2D eigenvalue weighted by molar-refractivity contribution is -0.297. The average Bonchev–Trinajstić information content (AvgIpc) is 3.31. The molecule has 9 rings (SSSR count). The summed E-state index contributed by atoms with van der Waals surface area (Å²) in [6.07, 6.45) is -4.82. The lowest BCUT2D eigenvalue weighted by Crippen LogP contribution is -2.70. The molecule has 69 heavy (non-hydrogen) atoms. The molecular formula is C50H64O19. The van der Waals surface area contributed by atoms with Gasteiger partial charge >= 0.3 is 17.9 Å². The van der Waals surface area contributed by atoms with E-state index in [0.29, 0.717) is 57.4 Å². The van der Waals surface area contributed by atoms with Gasteiger partial charge in [0.25, 0.3) is 0 Å². The number of hydrogen-bond donors (Lipinski definition) is 12. The van der Waals surface area contributed by atoms with Gasteiger partial charge in [0, 0.05) is 11.1 Å². The summed E-state index contributed by atoms with van der Waals surface area (Å²) in [7, 11) is 0. The number of aliphatic hydroxyl groups is 6. The first-order valence-electron chi connectivity index (χ1n) is 23.7. The number of aromatic hydroxyl groups is 6. The zero-order valence-electron chi connectivity index (χ0n) is 39.2. The molecule has 1 saturated heterocycles. The van der Waals surface area contributed by atoms with E-state index in [1.54, 1.807) is 0 Å². The normalized spacial score (nSPS) is 41.3. The van der Waals surface area contributed by atoms with Crippen LogP contribution in [-0.2, 0) is 23.7 Å². The van der Waals surface area contributed by atoms with Crippen LogP contribution >= 0.6 is 0 Å². The van der Waals surface area contributed by atoms with E-state index in [2.05, 4.69) is 33.8 Å². The summed E-state index contributed by atoms with van der Waals surface area (Å²) in [6.45, 7) is 8.65.